The van der Waals surface area contributed by atoms with E-state index < -0.39 is 0 Å². The second-order valence-electron chi connectivity index (χ2n) is 7.94. The van der Waals surface area contributed by atoms with Gasteiger partial charge in [-0.1, -0.05) is 16.8 Å². The number of aryl methyl sites for hydroxylation is 1. The number of rotatable bonds is 6. The van der Waals surface area contributed by atoms with E-state index in [1.54, 1.807) is 25.4 Å². The van der Waals surface area contributed by atoms with Gasteiger partial charge in [0.1, 0.15) is 21.9 Å². The molecule has 1 fully saturated rings. The molecule has 1 aliphatic rings. The molecule has 11 heteroatoms. The second-order valence-corrected chi connectivity index (χ2v) is 9.37. The van der Waals surface area contributed by atoms with Crippen molar-refractivity contribution < 1.29 is 14.1 Å². The van der Waals surface area contributed by atoms with E-state index in [0.717, 1.165) is 53.3 Å². The molecule has 1 aliphatic heterocycles. The maximum Gasteiger partial charge on any atom is 0.348 e. The molecule has 0 unspecified atom stereocenters. The molecular weight excluding hydrogens is 476 g/mol. The highest BCUT2D eigenvalue weighted by Gasteiger charge is 2.25. The van der Waals surface area contributed by atoms with Gasteiger partial charge >= 0.3 is 5.97 Å². The van der Waals surface area contributed by atoms with Crippen molar-refractivity contribution in [3.05, 3.63) is 51.9 Å². The van der Waals surface area contributed by atoms with Crippen molar-refractivity contribution in [1.29, 1.82) is 0 Å². The molecule has 0 spiro atoms. The quantitative estimate of drug-likeness (QED) is 0.362. The van der Waals surface area contributed by atoms with Gasteiger partial charge in [0.25, 0.3) is 0 Å². The molecule has 4 heterocycles. The molecule has 0 saturated carbocycles. The first-order valence-electron chi connectivity index (χ1n) is 11.0. The summed E-state index contributed by atoms with van der Waals surface area (Å²) in [5.41, 5.74) is 1.74. The third-order valence-corrected chi connectivity index (χ3v) is 7.20. The summed E-state index contributed by atoms with van der Waals surface area (Å²) >= 11 is 7.31. The Balaban J connectivity index is 1.27. The van der Waals surface area contributed by atoms with E-state index >= 15 is 0 Å². The van der Waals surface area contributed by atoms with Crippen molar-refractivity contribution in [3.8, 4) is 11.4 Å². The molecule has 0 atom stereocenters. The molecule has 5 rings (SSSR count). The zero-order valence-electron chi connectivity index (χ0n) is 18.8. The highest BCUT2D eigenvalue weighted by atomic mass is 35.5. The zero-order valence-corrected chi connectivity index (χ0v) is 20.4. The lowest BCUT2D eigenvalue weighted by molar-refractivity contribution is 0.0531. The molecule has 0 radical (unpaired) electrons. The van der Waals surface area contributed by atoms with Crippen LogP contribution in [-0.4, -0.2) is 63.8 Å². The minimum absolute atomic E-state index is 0.309. The summed E-state index contributed by atoms with van der Waals surface area (Å²) in [6.45, 7) is 7.87. The number of fused-ring (bicyclic) bond motifs is 1. The molecule has 3 aromatic heterocycles. The lowest BCUT2D eigenvalue weighted by atomic mass is 10.2. The molecule has 0 amide bonds. The lowest BCUT2D eigenvalue weighted by Crippen LogP contribution is -2.46. The summed E-state index contributed by atoms with van der Waals surface area (Å²) in [5.74, 6) is 1.68. The fourth-order valence-electron chi connectivity index (χ4n) is 4.03. The number of nitrogens with zero attached hydrogens (tertiary/aromatic N) is 6. The van der Waals surface area contributed by atoms with Gasteiger partial charge in [0, 0.05) is 36.8 Å². The number of carbonyl (C=O) groups is 1. The van der Waals surface area contributed by atoms with Crippen LogP contribution in [-0.2, 0) is 11.3 Å². The van der Waals surface area contributed by atoms with E-state index in [1.165, 1.54) is 11.3 Å². The molecular formula is C23H23ClN6O3S. The Kier molecular flexibility index (Phi) is 6.44. The minimum Gasteiger partial charge on any atom is -0.462 e. The molecule has 1 aromatic carbocycles. The Hall–Kier alpha value is -3.08. The average Bonchev–Trinajstić information content (AvgIpc) is 3.45. The van der Waals surface area contributed by atoms with Gasteiger partial charge in [0.2, 0.25) is 11.7 Å². The van der Waals surface area contributed by atoms with Gasteiger partial charge in [-0.25, -0.2) is 14.8 Å². The summed E-state index contributed by atoms with van der Waals surface area (Å²) in [7, 11) is 0. The first kappa shape index (κ1) is 22.7. The summed E-state index contributed by atoms with van der Waals surface area (Å²) in [5, 5.41) is 5.69. The Morgan fingerprint density at radius 1 is 1.18 bits per heavy atom. The predicted molar refractivity (Wildman–Crippen MR) is 130 cm³/mol. The van der Waals surface area contributed by atoms with Crippen LogP contribution >= 0.6 is 22.9 Å². The van der Waals surface area contributed by atoms with E-state index in [2.05, 4.69) is 29.9 Å². The number of hydrogen-bond acceptors (Lipinski definition) is 10. The van der Waals surface area contributed by atoms with Crippen molar-refractivity contribution >= 4 is 44.9 Å². The first-order valence-corrected chi connectivity index (χ1v) is 12.2. The van der Waals surface area contributed by atoms with Crippen LogP contribution in [0.2, 0.25) is 5.02 Å². The van der Waals surface area contributed by atoms with E-state index in [4.69, 9.17) is 20.9 Å². The van der Waals surface area contributed by atoms with E-state index in [-0.39, 0.29) is 5.97 Å². The monoisotopic (exact) mass is 498 g/mol. The minimum atomic E-state index is -0.309. The Morgan fingerprint density at radius 2 is 1.94 bits per heavy atom. The third kappa shape index (κ3) is 4.48. The van der Waals surface area contributed by atoms with Crippen LogP contribution in [0.15, 0.2) is 35.1 Å². The van der Waals surface area contributed by atoms with E-state index in [9.17, 15) is 4.79 Å². The molecule has 0 N–H and O–H groups in total. The molecule has 1 saturated heterocycles. The molecule has 9 nitrogen and oxygen atoms in total. The number of thiophene rings is 1. The van der Waals surface area contributed by atoms with Crippen LogP contribution in [0.1, 0.15) is 28.0 Å². The largest absolute Gasteiger partial charge is 0.462 e. The number of benzene rings is 1. The predicted octanol–water partition coefficient (Wildman–Crippen LogP) is 4.20. The fourth-order valence-corrected chi connectivity index (χ4v) is 5.19. The molecule has 176 valence electrons. The molecule has 0 bridgehead atoms. The number of esters is 1. The maximum atomic E-state index is 12.3. The molecule has 0 aliphatic carbocycles. The van der Waals surface area contributed by atoms with Crippen molar-refractivity contribution in [2.24, 2.45) is 0 Å². The van der Waals surface area contributed by atoms with Gasteiger partial charge in [-0.15, -0.1) is 11.3 Å². The van der Waals surface area contributed by atoms with E-state index in [1.807, 2.05) is 19.1 Å². The number of halogens is 1. The van der Waals surface area contributed by atoms with Gasteiger partial charge in [-0.05, 0) is 43.7 Å². The summed E-state index contributed by atoms with van der Waals surface area (Å²) in [6.07, 6.45) is 1.56. The van der Waals surface area contributed by atoms with Gasteiger partial charge in [0.05, 0.1) is 18.5 Å². The van der Waals surface area contributed by atoms with Crippen LogP contribution in [0.25, 0.3) is 21.6 Å². The highest BCUT2D eigenvalue weighted by Crippen LogP contribution is 2.35. The Bertz CT molecular complexity index is 1310. The summed E-state index contributed by atoms with van der Waals surface area (Å²) < 4.78 is 10.7. The second kappa shape index (κ2) is 9.65. The fraction of sp³-hybridized carbons (Fsp3) is 0.348. The number of anilines is 1. The standard InChI is InChI=1S/C23H23ClN6O3S/c1-3-32-23(31)19-14(2)18-21(25-13-26-22(18)34-19)30-10-8-29(9-11-30)12-17-27-20(28-33-17)15-4-6-16(24)7-5-15/h4-7,13H,3,8-12H2,1-2H3. The molecule has 4 aromatic rings. The number of ether oxygens (including phenoxy) is 1. The summed E-state index contributed by atoms with van der Waals surface area (Å²) in [4.78, 5) is 31.7. The van der Waals surface area contributed by atoms with Crippen LogP contribution in [0, 0.1) is 6.92 Å². The summed E-state index contributed by atoms with van der Waals surface area (Å²) in [6, 6.07) is 7.36. The van der Waals surface area contributed by atoms with E-state index in [0.29, 0.717) is 34.8 Å². The molecule has 34 heavy (non-hydrogen) atoms. The van der Waals surface area contributed by atoms with Crippen molar-refractivity contribution in [2.45, 2.75) is 20.4 Å². The van der Waals surface area contributed by atoms with Crippen LogP contribution in [0.3, 0.4) is 0 Å². The number of piperazine rings is 1. The van der Waals surface area contributed by atoms with Gasteiger partial charge in [-0.2, -0.15) is 4.98 Å². The number of carbonyl (C=O) groups excluding carboxylic acids is 1. The van der Waals surface area contributed by atoms with Gasteiger partial charge in [0.15, 0.2) is 0 Å². The lowest BCUT2D eigenvalue weighted by Gasteiger charge is -2.34. The Labute approximate surface area is 205 Å². The Morgan fingerprint density at radius 3 is 2.68 bits per heavy atom. The van der Waals surface area contributed by atoms with Crippen LogP contribution < -0.4 is 4.90 Å². The van der Waals surface area contributed by atoms with Crippen LogP contribution in [0.4, 0.5) is 5.82 Å². The van der Waals surface area contributed by atoms with Crippen molar-refractivity contribution in [1.82, 2.24) is 25.0 Å². The maximum absolute atomic E-state index is 12.3. The van der Waals surface area contributed by atoms with Crippen molar-refractivity contribution in [3.63, 3.8) is 0 Å². The highest BCUT2D eigenvalue weighted by molar-refractivity contribution is 7.20. The number of hydrogen-bond donors (Lipinski definition) is 0. The zero-order chi connectivity index (χ0) is 23.7. The normalized spacial score (nSPS) is 14.6. The first-order chi connectivity index (χ1) is 16.5. The van der Waals surface area contributed by atoms with Gasteiger partial charge < -0.3 is 14.2 Å². The van der Waals surface area contributed by atoms with Gasteiger partial charge in [-0.3, -0.25) is 4.90 Å². The smallest absolute Gasteiger partial charge is 0.348 e. The van der Waals surface area contributed by atoms with Crippen LogP contribution in [0.5, 0.6) is 0 Å². The third-order valence-electron chi connectivity index (χ3n) is 5.77. The van der Waals surface area contributed by atoms with Crippen molar-refractivity contribution in [2.75, 3.05) is 37.7 Å². The SMILES string of the molecule is CCOC(=O)c1sc2ncnc(N3CCN(Cc4nc(-c5ccc(Cl)cc5)no4)CC3)c2c1C. The average molecular weight is 499 g/mol. The topological polar surface area (TPSA) is 97.5 Å². The number of aromatic nitrogens is 4.